The van der Waals surface area contributed by atoms with Crippen LogP contribution in [0.3, 0.4) is 0 Å². The molecule has 0 amide bonds. The molecule has 29 N–H and O–H groups in total. The number of hydrogen-bond donors (Lipinski definition) is 21. The van der Waals surface area contributed by atoms with Crippen molar-refractivity contribution in [2.75, 3.05) is 88.4 Å². The van der Waals surface area contributed by atoms with Gasteiger partial charge in [0.15, 0.2) is 114 Å². The second kappa shape index (κ2) is 48.8. The van der Waals surface area contributed by atoms with Gasteiger partial charge in [0.05, 0.1) is 13.7 Å². The largest absolute Gasteiger partial charge is 0.384 e. The fourth-order valence-electron chi connectivity index (χ4n) is 12.3. The highest BCUT2D eigenvalue weighted by Crippen LogP contribution is 2.29. The molecule has 0 saturated heterocycles. The van der Waals surface area contributed by atoms with Crippen molar-refractivity contribution in [3.05, 3.63) is 189 Å². The van der Waals surface area contributed by atoms with E-state index < -0.39 is 0 Å². The standard InChI is InChI=1S/2C14H15N5OS.C13H13N5OS.2C9H13N5OS.C8H11N5O2S.2C8H11N5OS/c1-8-3-5-9(6-4-8)7-21-14-17-11-10(19(14)2)12(20)18-13(15)16-11;1-8-3-5-9(6-4-8)7-21-14-16-10-11(19(14)2)17-13(15)18-12(10)20;1-7-2-4-8(5-3-7)6-20-13-15-9-10(17-13)16-12(14)18-11(9)19;1-3-4-16-9-12-6-5(14(9)2)7(15)13-8(10)11-6;1-3-4-16-9-11-5-6(14(9)2)12-8(10)13-7(5)15;1-15-2-3-16-8-10-4-5(12-8)11-7(9)13-6(4)14;2*1-2-3-15-8-10-4-5(12-8)11-7(9)13-6(4)14/h3-6H,7H2,1-2H3,(H3,15,16,18,20);3-6H,7H2,1-2H3,(H3,15,17,18,20);2-5H,6H2,1H3,(H4,14,15,16,17,18,19);3-4H2,1-2H3,(H3,10,11,13,15);3-4H2,1-2H3,(H3,10,12,13,15);2-3H2,1H3,(H4,9,10,11,12,13,14);2*2-3H2,1H3,(H4,9,10,11,12,13,14)/p+1. The normalized spacial score (nSPS) is 11.1. The second-order valence-corrected chi connectivity index (χ2v) is 38.4. The van der Waals surface area contributed by atoms with Gasteiger partial charge in [-0.05, 0) is 74.9 Å². The number of fused-ring (bicyclic) bond motifs is 8. The first-order valence-electron chi connectivity index (χ1n) is 42.7. The Morgan fingerprint density at radius 2 is 0.621 bits per heavy atom. The van der Waals surface area contributed by atoms with Crippen LogP contribution in [-0.4, -0.2) is 196 Å². The Morgan fingerprint density at radius 3 is 1.01 bits per heavy atom. The van der Waals surface area contributed by atoms with Crippen LogP contribution < -0.4 is 94.9 Å². The highest BCUT2D eigenvalue weighted by Gasteiger charge is 2.23. The summed E-state index contributed by atoms with van der Waals surface area (Å²) in [7, 11) is 8.94. The molecule has 0 spiro atoms. The van der Waals surface area contributed by atoms with E-state index in [0.717, 1.165) is 92.3 Å². The van der Waals surface area contributed by atoms with E-state index in [9.17, 15) is 38.4 Å². The number of H-pyrrole nitrogens is 13. The molecule has 57 heteroatoms. The maximum absolute atomic E-state index is 11.9. The van der Waals surface area contributed by atoms with Gasteiger partial charge in [0.2, 0.25) is 47.6 Å². The molecule has 736 valence electrons. The number of methoxy groups -OCH3 is 1. The highest BCUT2D eigenvalue weighted by atomic mass is 32.2. The van der Waals surface area contributed by atoms with Crippen molar-refractivity contribution in [3.8, 4) is 0 Å². The van der Waals surface area contributed by atoms with Gasteiger partial charge in [-0.25, -0.2) is 44.4 Å². The van der Waals surface area contributed by atoms with E-state index in [4.69, 9.17) is 50.6 Å². The topological polar surface area (TPSA) is 771 Å². The number of nitrogen functional groups attached to an aromatic ring is 8. The van der Waals surface area contributed by atoms with Crippen LogP contribution in [0.2, 0.25) is 0 Å². The Morgan fingerprint density at radius 1 is 0.314 bits per heavy atom. The molecule has 16 aromatic heterocycles. The summed E-state index contributed by atoms with van der Waals surface area (Å²) in [5.74, 6) is 7.70. The number of benzene rings is 3. The lowest BCUT2D eigenvalue weighted by atomic mass is 10.2. The Kier molecular flexibility index (Phi) is 36.4. The minimum atomic E-state index is -0.311. The van der Waals surface area contributed by atoms with E-state index in [1.807, 2.05) is 21.1 Å². The predicted molar refractivity (Wildman–Crippen MR) is 557 cm³/mol. The zero-order valence-electron chi connectivity index (χ0n) is 77.7. The lowest BCUT2D eigenvalue weighted by molar-refractivity contribution is -0.684. The number of nitrogens with zero attached hydrogens (tertiary/aromatic N) is 19. The summed E-state index contributed by atoms with van der Waals surface area (Å²) in [5.41, 5.74) is 55.3. The Bertz CT molecular complexity index is 7900. The fraction of sp³-hybridized carbons (Fsp3) is 0.301. The quantitative estimate of drug-likeness (QED) is 0.0147. The van der Waals surface area contributed by atoms with E-state index >= 15 is 0 Å². The summed E-state index contributed by atoms with van der Waals surface area (Å²) in [6.45, 7) is 15.2. The first kappa shape index (κ1) is 105. The van der Waals surface area contributed by atoms with Gasteiger partial charge < -0.3 is 84.2 Å². The van der Waals surface area contributed by atoms with E-state index in [1.54, 1.807) is 103 Å². The zero-order chi connectivity index (χ0) is 101. The van der Waals surface area contributed by atoms with Crippen molar-refractivity contribution in [1.29, 1.82) is 0 Å². The minimum Gasteiger partial charge on any atom is -0.384 e. The number of aromatic amines is 13. The summed E-state index contributed by atoms with van der Waals surface area (Å²) in [6, 6.07) is 25.0. The molecule has 3 aromatic carbocycles. The number of nitrogens with two attached hydrogens (primary N) is 8. The molecule has 0 aliphatic rings. The lowest BCUT2D eigenvalue weighted by Crippen LogP contribution is -2.34. The van der Waals surface area contributed by atoms with Gasteiger partial charge in [-0.1, -0.05) is 200 Å². The van der Waals surface area contributed by atoms with Crippen LogP contribution in [0.25, 0.3) is 89.3 Å². The third-order valence-corrected chi connectivity index (χ3v) is 27.7. The molecule has 140 heavy (non-hydrogen) atoms. The van der Waals surface area contributed by atoms with E-state index in [-0.39, 0.29) is 92.1 Å². The highest BCUT2D eigenvalue weighted by molar-refractivity contribution is 8.00. The molecule has 0 aliphatic heterocycles. The summed E-state index contributed by atoms with van der Waals surface area (Å²) in [6.07, 6.45) is 4.23. The van der Waals surface area contributed by atoms with Gasteiger partial charge in [-0.3, -0.25) is 78.2 Å². The Labute approximate surface area is 826 Å². The number of ether oxygens (including phenoxy) is 1. The van der Waals surface area contributed by atoms with Crippen molar-refractivity contribution in [3.63, 3.8) is 0 Å². The molecule has 19 aromatic rings. The van der Waals surface area contributed by atoms with Gasteiger partial charge in [0.25, 0.3) is 50.1 Å². The Hall–Kier alpha value is -14.4. The number of rotatable bonds is 25. The third kappa shape index (κ3) is 27.6. The number of thioether (sulfide) groups is 8. The zero-order valence-corrected chi connectivity index (χ0v) is 84.2. The first-order valence-corrected chi connectivity index (χ1v) is 50.6. The molecule has 0 fully saturated rings. The summed E-state index contributed by atoms with van der Waals surface area (Å²) in [5, 5.41) is 5.90. The number of imidazole rings is 8. The molecule has 0 bridgehead atoms. The summed E-state index contributed by atoms with van der Waals surface area (Å²) < 4.78 is 12.1. The molecule has 0 aliphatic carbocycles. The lowest BCUT2D eigenvalue weighted by Gasteiger charge is -2.02. The average molecular weight is 2060 g/mol. The van der Waals surface area contributed by atoms with Crippen molar-refractivity contribution < 1.29 is 9.30 Å². The third-order valence-electron chi connectivity index (χ3n) is 19.1. The van der Waals surface area contributed by atoms with Gasteiger partial charge in [0, 0.05) is 74.3 Å². The SMILES string of the molecule is CCCSc1[nH]c2nc(N)[nH]c(=O)c2[n+]1C.CCCSc1nc2c(=O)[nH]c(N)nc2n1C.CCCSc1nc2nc(N)[nH]c(=O)c2[nH]1.CCCSc1nc2nc(N)[nH]c(=O)c2[nH]1.COCCSc1nc2nc(N)[nH]c(=O)c2[nH]1.Cc1ccc(CSc2nc3c(=O)[nH]c(N)nc3n2C)cc1.Cc1ccc(CSc2nc3nc(N)[nH]c(=O)c3[nH]2)cc1.Cc1ccc(CSc2nc3nc(N)[nH]c(=O)c3n2C)cc1. The molecular formula is C83H103N40O9S8+. The van der Waals surface area contributed by atoms with Gasteiger partial charge >= 0.3 is 10.7 Å². The van der Waals surface area contributed by atoms with Crippen LogP contribution in [0.5, 0.6) is 0 Å². The van der Waals surface area contributed by atoms with Crippen molar-refractivity contribution in [1.82, 2.24) is 153 Å². The van der Waals surface area contributed by atoms with Crippen molar-refractivity contribution >= 4 is 231 Å². The average Bonchev–Trinajstić information content (AvgIpc) is 1.63. The number of nitrogens with one attached hydrogen (secondary N) is 13. The maximum atomic E-state index is 11.9. The number of anilines is 8. The number of aryl methyl sites for hydroxylation is 7. The Balaban J connectivity index is 0.000000144. The monoisotopic (exact) mass is 2060 g/mol. The predicted octanol–water partition coefficient (Wildman–Crippen LogP) is 7.84. The van der Waals surface area contributed by atoms with Gasteiger partial charge in [-0.15, -0.1) is 0 Å². The van der Waals surface area contributed by atoms with E-state index in [0.29, 0.717) is 117 Å². The van der Waals surface area contributed by atoms with Crippen LogP contribution in [0, 0.1) is 20.8 Å². The first-order chi connectivity index (χ1) is 67.1. The molecule has 49 nitrogen and oxygen atoms in total. The van der Waals surface area contributed by atoms with Crippen LogP contribution in [0.15, 0.2) is 152 Å². The number of hydrogen-bond acceptors (Lipinski definition) is 40. The molecule has 0 radical (unpaired) electrons. The van der Waals surface area contributed by atoms with Gasteiger partial charge in [-0.2, -0.15) is 39.9 Å². The van der Waals surface area contributed by atoms with Crippen LogP contribution in [0.1, 0.15) is 86.8 Å². The maximum Gasteiger partial charge on any atom is 0.317 e. The van der Waals surface area contributed by atoms with Crippen molar-refractivity contribution in [2.24, 2.45) is 28.2 Å². The minimum absolute atomic E-state index is 0.0671. The molecule has 16 heterocycles. The second-order valence-electron chi connectivity index (χ2n) is 30.2. The van der Waals surface area contributed by atoms with Crippen molar-refractivity contribution in [2.45, 2.75) is 133 Å². The van der Waals surface area contributed by atoms with E-state index in [2.05, 4.69) is 261 Å². The van der Waals surface area contributed by atoms with Crippen LogP contribution in [0.4, 0.5) is 47.6 Å². The molecule has 19 rings (SSSR count). The van der Waals surface area contributed by atoms with Crippen LogP contribution in [-0.2, 0) is 50.2 Å². The van der Waals surface area contributed by atoms with E-state index in [1.165, 1.54) is 56.9 Å². The summed E-state index contributed by atoms with van der Waals surface area (Å²) in [4.78, 5) is 189. The van der Waals surface area contributed by atoms with Crippen LogP contribution >= 0.6 is 94.1 Å². The summed E-state index contributed by atoms with van der Waals surface area (Å²) >= 11 is 12.5. The number of aromatic nitrogens is 32. The molecule has 0 unspecified atom stereocenters. The molecular weight excluding hydrogens is 1960 g/mol. The molecule has 0 atom stereocenters. The smallest absolute Gasteiger partial charge is 0.317 e. The van der Waals surface area contributed by atoms with Gasteiger partial charge in [0.1, 0.15) is 0 Å². The fourth-order valence-corrected chi connectivity index (χ4v) is 18.9. The molecule has 0 saturated carbocycles.